The van der Waals surface area contributed by atoms with E-state index in [4.69, 9.17) is 10.5 Å². The Morgan fingerprint density at radius 1 is 0.947 bits per heavy atom. The summed E-state index contributed by atoms with van der Waals surface area (Å²) in [5, 5.41) is 0. The summed E-state index contributed by atoms with van der Waals surface area (Å²) in [4.78, 5) is 0. The molecule has 0 aliphatic carbocycles. The van der Waals surface area contributed by atoms with Gasteiger partial charge in [0.15, 0.2) is 0 Å². The van der Waals surface area contributed by atoms with Crippen molar-refractivity contribution >= 4 is 0 Å². The first-order valence-electron chi connectivity index (χ1n) is 6.58. The van der Waals surface area contributed by atoms with Gasteiger partial charge in [-0.05, 0) is 43.5 Å². The van der Waals surface area contributed by atoms with Gasteiger partial charge in [0.05, 0.1) is 6.04 Å². The van der Waals surface area contributed by atoms with Crippen molar-refractivity contribution in [3.05, 3.63) is 64.7 Å². The molecule has 1 atom stereocenters. The van der Waals surface area contributed by atoms with Gasteiger partial charge in [0.25, 0.3) is 0 Å². The van der Waals surface area contributed by atoms with Crippen molar-refractivity contribution in [3.8, 4) is 5.75 Å². The molecule has 0 aromatic heterocycles. The Labute approximate surface area is 115 Å². The fraction of sp³-hybridized carbons (Fsp3) is 0.294. The van der Waals surface area contributed by atoms with Gasteiger partial charge in [-0.1, -0.05) is 42.0 Å². The number of hydrogen-bond donors (Lipinski definition) is 1. The average molecular weight is 255 g/mol. The first kappa shape index (κ1) is 13.6. The molecule has 2 heteroatoms. The highest BCUT2D eigenvalue weighted by atomic mass is 16.5. The normalized spacial score (nSPS) is 12.2. The summed E-state index contributed by atoms with van der Waals surface area (Å²) >= 11 is 0. The van der Waals surface area contributed by atoms with Gasteiger partial charge in [-0.2, -0.15) is 0 Å². The highest BCUT2D eigenvalue weighted by Gasteiger charge is 2.08. The van der Waals surface area contributed by atoms with E-state index < -0.39 is 0 Å². The third kappa shape index (κ3) is 3.58. The first-order chi connectivity index (χ1) is 9.06. The zero-order valence-electron chi connectivity index (χ0n) is 11.8. The van der Waals surface area contributed by atoms with Crippen LogP contribution in [0, 0.1) is 20.8 Å². The third-order valence-corrected chi connectivity index (χ3v) is 3.27. The Kier molecular flexibility index (Phi) is 4.23. The lowest BCUT2D eigenvalue weighted by Gasteiger charge is -2.15. The summed E-state index contributed by atoms with van der Waals surface area (Å²) in [6, 6.07) is 14.4. The number of nitrogens with two attached hydrogens (primary N) is 1. The van der Waals surface area contributed by atoms with Crippen LogP contribution >= 0.6 is 0 Å². The molecule has 0 aliphatic rings. The van der Waals surface area contributed by atoms with Gasteiger partial charge < -0.3 is 10.5 Å². The summed E-state index contributed by atoms with van der Waals surface area (Å²) in [5.41, 5.74) is 10.8. The molecule has 2 N–H and O–H groups in total. The van der Waals surface area contributed by atoms with E-state index in [1.807, 2.05) is 6.92 Å². The fourth-order valence-corrected chi connectivity index (χ4v) is 1.95. The summed E-state index contributed by atoms with van der Waals surface area (Å²) in [7, 11) is 0. The lowest BCUT2D eigenvalue weighted by atomic mass is 10.1. The second-order valence-electron chi connectivity index (χ2n) is 5.10. The molecule has 2 nitrogen and oxygen atoms in total. The van der Waals surface area contributed by atoms with Gasteiger partial charge in [0.2, 0.25) is 0 Å². The molecule has 2 aromatic rings. The molecule has 19 heavy (non-hydrogen) atoms. The van der Waals surface area contributed by atoms with Crippen LogP contribution in [-0.4, -0.2) is 6.61 Å². The number of rotatable bonds is 4. The van der Waals surface area contributed by atoms with E-state index in [-0.39, 0.29) is 6.04 Å². The second-order valence-corrected chi connectivity index (χ2v) is 5.10. The standard InChI is InChI=1S/C17H21NO/c1-12-5-8-15(9-6-12)16(18)11-19-17-10-13(2)4-7-14(17)3/h4-10,16H,11,18H2,1-3H3. The van der Waals surface area contributed by atoms with E-state index in [2.05, 4.69) is 56.3 Å². The molecule has 0 heterocycles. The van der Waals surface area contributed by atoms with Gasteiger partial charge in [-0.25, -0.2) is 0 Å². The predicted octanol–water partition coefficient (Wildman–Crippen LogP) is 3.69. The molecule has 0 radical (unpaired) electrons. The SMILES string of the molecule is Cc1ccc(C(N)COc2cc(C)ccc2C)cc1. The second kappa shape index (κ2) is 5.89. The first-order valence-corrected chi connectivity index (χ1v) is 6.58. The smallest absolute Gasteiger partial charge is 0.122 e. The summed E-state index contributed by atoms with van der Waals surface area (Å²) in [5.74, 6) is 0.919. The van der Waals surface area contributed by atoms with Gasteiger partial charge >= 0.3 is 0 Å². The highest BCUT2D eigenvalue weighted by molar-refractivity contribution is 5.36. The van der Waals surface area contributed by atoms with E-state index in [1.54, 1.807) is 0 Å². The fourth-order valence-electron chi connectivity index (χ4n) is 1.95. The molecule has 0 spiro atoms. The lowest BCUT2D eigenvalue weighted by molar-refractivity contribution is 0.288. The minimum absolute atomic E-state index is 0.0967. The third-order valence-electron chi connectivity index (χ3n) is 3.27. The van der Waals surface area contributed by atoms with Crippen LogP contribution in [-0.2, 0) is 0 Å². The van der Waals surface area contributed by atoms with Crippen LogP contribution in [0.2, 0.25) is 0 Å². The van der Waals surface area contributed by atoms with E-state index in [9.17, 15) is 0 Å². The zero-order chi connectivity index (χ0) is 13.8. The van der Waals surface area contributed by atoms with Gasteiger partial charge in [0, 0.05) is 0 Å². The van der Waals surface area contributed by atoms with E-state index in [0.717, 1.165) is 16.9 Å². The minimum atomic E-state index is -0.0967. The van der Waals surface area contributed by atoms with Crippen LogP contribution in [0.1, 0.15) is 28.3 Å². The van der Waals surface area contributed by atoms with Crippen LogP contribution in [0.5, 0.6) is 5.75 Å². The van der Waals surface area contributed by atoms with Crippen molar-refractivity contribution in [3.63, 3.8) is 0 Å². The van der Waals surface area contributed by atoms with Crippen LogP contribution < -0.4 is 10.5 Å². The number of hydrogen-bond acceptors (Lipinski definition) is 2. The summed E-state index contributed by atoms with van der Waals surface area (Å²) in [6.45, 7) is 6.67. The Balaban J connectivity index is 2.02. The van der Waals surface area contributed by atoms with Gasteiger partial charge in [0.1, 0.15) is 12.4 Å². The minimum Gasteiger partial charge on any atom is -0.491 e. The van der Waals surface area contributed by atoms with E-state index in [0.29, 0.717) is 6.61 Å². The average Bonchev–Trinajstić information content (AvgIpc) is 2.40. The lowest BCUT2D eigenvalue weighted by Crippen LogP contribution is -2.19. The predicted molar refractivity (Wildman–Crippen MR) is 79.5 cm³/mol. The van der Waals surface area contributed by atoms with Crippen LogP contribution in [0.3, 0.4) is 0 Å². The van der Waals surface area contributed by atoms with Crippen LogP contribution in [0.15, 0.2) is 42.5 Å². The number of ether oxygens (including phenoxy) is 1. The van der Waals surface area contributed by atoms with Crippen molar-refractivity contribution < 1.29 is 4.74 Å². The molecule has 100 valence electrons. The molecule has 1 unspecified atom stereocenters. The van der Waals surface area contributed by atoms with Gasteiger partial charge in [-0.15, -0.1) is 0 Å². The Bertz CT molecular complexity index is 546. The quantitative estimate of drug-likeness (QED) is 0.904. The van der Waals surface area contributed by atoms with Crippen molar-refractivity contribution in [2.24, 2.45) is 5.73 Å². The van der Waals surface area contributed by atoms with Crippen LogP contribution in [0.25, 0.3) is 0 Å². The van der Waals surface area contributed by atoms with Crippen molar-refractivity contribution in [2.75, 3.05) is 6.61 Å². The molecule has 0 saturated heterocycles. The largest absolute Gasteiger partial charge is 0.491 e. The monoisotopic (exact) mass is 255 g/mol. The maximum Gasteiger partial charge on any atom is 0.122 e. The summed E-state index contributed by atoms with van der Waals surface area (Å²) in [6.07, 6.45) is 0. The number of benzene rings is 2. The Morgan fingerprint density at radius 3 is 2.26 bits per heavy atom. The van der Waals surface area contributed by atoms with E-state index in [1.165, 1.54) is 11.1 Å². The molecule has 0 amide bonds. The molecule has 0 bridgehead atoms. The molecule has 0 aliphatic heterocycles. The van der Waals surface area contributed by atoms with E-state index >= 15 is 0 Å². The van der Waals surface area contributed by atoms with Crippen LogP contribution in [0.4, 0.5) is 0 Å². The van der Waals surface area contributed by atoms with Crippen molar-refractivity contribution in [1.29, 1.82) is 0 Å². The molecule has 2 rings (SSSR count). The molecule has 0 fully saturated rings. The topological polar surface area (TPSA) is 35.2 Å². The Morgan fingerprint density at radius 2 is 1.58 bits per heavy atom. The number of aryl methyl sites for hydroxylation is 3. The molecule has 2 aromatic carbocycles. The highest BCUT2D eigenvalue weighted by Crippen LogP contribution is 2.21. The van der Waals surface area contributed by atoms with Crippen molar-refractivity contribution in [1.82, 2.24) is 0 Å². The molecular formula is C17H21NO. The van der Waals surface area contributed by atoms with Gasteiger partial charge in [-0.3, -0.25) is 0 Å². The maximum atomic E-state index is 6.16. The maximum absolute atomic E-state index is 6.16. The summed E-state index contributed by atoms with van der Waals surface area (Å²) < 4.78 is 5.84. The zero-order valence-corrected chi connectivity index (χ0v) is 11.8. The van der Waals surface area contributed by atoms with Crippen molar-refractivity contribution in [2.45, 2.75) is 26.8 Å². The molecular weight excluding hydrogens is 234 g/mol. The Hall–Kier alpha value is -1.80. The molecule has 0 saturated carbocycles.